The highest BCUT2D eigenvalue weighted by Crippen LogP contribution is 2.43. The van der Waals surface area contributed by atoms with Crippen molar-refractivity contribution in [1.29, 1.82) is 0 Å². The molecule has 1 aliphatic heterocycles. The lowest BCUT2D eigenvalue weighted by Gasteiger charge is -2.33. The van der Waals surface area contributed by atoms with E-state index in [-0.39, 0.29) is 23.9 Å². The molecule has 2 saturated carbocycles. The van der Waals surface area contributed by atoms with Gasteiger partial charge >= 0.3 is 6.18 Å². The molecule has 0 aromatic heterocycles. The van der Waals surface area contributed by atoms with Crippen molar-refractivity contribution >= 4 is 5.91 Å². The minimum atomic E-state index is -4.39. The zero-order valence-electron chi connectivity index (χ0n) is 14.4. The Morgan fingerprint density at radius 1 is 1.08 bits per heavy atom. The van der Waals surface area contributed by atoms with Crippen LogP contribution in [0, 0.1) is 0 Å². The third-order valence-corrected chi connectivity index (χ3v) is 5.34. The van der Waals surface area contributed by atoms with Crippen molar-refractivity contribution in [1.82, 2.24) is 10.6 Å². The van der Waals surface area contributed by atoms with Crippen LogP contribution in [-0.2, 0) is 10.9 Å². The molecule has 1 amide bonds. The summed E-state index contributed by atoms with van der Waals surface area (Å²) < 4.78 is 44.5. The van der Waals surface area contributed by atoms with Gasteiger partial charge in [-0.3, -0.25) is 4.79 Å². The van der Waals surface area contributed by atoms with Crippen molar-refractivity contribution in [3.05, 3.63) is 34.9 Å². The maximum atomic E-state index is 13.0. The highest BCUT2D eigenvalue weighted by atomic mass is 19.4. The number of amides is 1. The second-order valence-corrected chi connectivity index (χ2v) is 7.57. The molecule has 1 saturated heterocycles. The maximum absolute atomic E-state index is 13.0. The minimum Gasteiger partial charge on any atom is -0.379 e. The average Bonchev–Trinajstić information content (AvgIpc) is 3.49. The second-order valence-electron chi connectivity index (χ2n) is 7.57. The molecule has 142 valence electrons. The molecule has 2 aliphatic carbocycles. The van der Waals surface area contributed by atoms with E-state index in [1.807, 2.05) is 0 Å². The summed E-state index contributed by atoms with van der Waals surface area (Å²) in [5.41, 5.74) is 0.183. The Morgan fingerprint density at radius 3 is 2.50 bits per heavy atom. The number of halogens is 3. The van der Waals surface area contributed by atoms with Crippen molar-refractivity contribution in [2.45, 2.75) is 62.3 Å². The van der Waals surface area contributed by atoms with Gasteiger partial charge in [-0.25, -0.2) is 0 Å². The van der Waals surface area contributed by atoms with E-state index in [1.165, 1.54) is 6.07 Å². The summed E-state index contributed by atoms with van der Waals surface area (Å²) in [5, 5.41) is 6.53. The number of ether oxygens (including phenoxy) is 1. The van der Waals surface area contributed by atoms with Crippen molar-refractivity contribution in [2.75, 3.05) is 13.2 Å². The molecule has 26 heavy (non-hydrogen) atoms. The number of carbonyl (C=O) groups is 1. The third-order valence-electron chi connectivity index (χ3n) is 5.34. The molecule has 4 rings (SSSR count). The fraction of sp³-hybridized carbons (Fsp3) is 0.632. The van der Waals surface area contributed by atoms with Crippen LogP contribution in [0.4, 0.5) is 13.2 Å². The number of benzene rings is 1. The number of hydrogen-bond acceptors (Lipinski definition) is 3. The van der Waals surface area contributed by atoms with Crippen LogP contribution in [0.3, 0.4) is 0 Å². The first-order valence-electron chi connectivity index (χ1n) is 9.27. The first-order chi connectivity index (χ1) is 12.4. The summed E-state index contributed by atoms with van der Waals surface area (Å²) in [6.45, 7) is 1.08. The molecule has 7 heteroatoms. The SMILES string of the molecule is O=C(N[C@@H]1COCC[C@H]1NC1CC1)c1ccc(C(F)(F)F)cc1C1CC1. The topological polar surface area (TPSA) is 50.4 Å². The van der Waals surface area contributed by atoms with E-state index in [9.17, 15) is 18.0 Å². The molecule has 3 aliphatic rings. The average molecular weight is 368 g/mol. The summed E-state index contributed by atoms with van der Waals surface area (Å²) >= 11 is 0. The van der Waals surface area contributed by atoms with Gasteiger partial charge in [-0.1, -0.05) is 0 Å². The predicted molar refractivity (Wildman–Crippen MR) is 90.1 cm³/mol. The van der Waals surface area contributed by atoms with Crippen molar-refractivity contribution in [3.63, 3.8) is 0 Å². The fourth-order valence-electron chi connectivity index (χ4n) is 3.56. The van der Waals surface area contributed by atoms with E-state index in [4.69, 9.17) is 4.74 Å². The molecular weight excluding hydrogens is 345 g/mol. The molecule has 2 atom stereocenters. The van der Waals surface area contributed by atoms with Gasteiger partial charge in [-0.15, -0.1) is 0 Å². The van der Waals surface area contributed by atoms with Crippen LogP contribution in [0.1, 0.15) is 59.5 Å². The monoisotopic (exact) mass is 368 g/mol. The highest BCUT2D eigenvalue weighted by Gasteiger charge is 2.36. The first kappa shape index (κ1) is 17.8. The summed E-state index contributed by atoms with van der Waals surface area (Å²) in [6, 6.07) is 3.97. The number of rotatable bonds is 5. The second kappa shape index (κ2) is 6.85. The molecule has 2 N–H and O–H groups in total. The van der Waals surface area contributed by atoms with Crippen LogP contribution in [0.2, 0.25) is 0 Å². The zero-order valence-corrected chi connectivity index (χ0v) is 14.4. The normalized spacial score (nSPS) is 26.6. The lowest BCUT2D eigenvalue weighted by atomic mass is 9.97. The lowest BCUT2D eigenvalue weighted by molar-refractivity contribution is -0.137. The standard InChI is InChI=1S/C19H23F3N2O2/c20-19(21,22)12-3-6-14(15(9-12)11-1-2-11)18(25)24-17-10-26-8-7-16(17)23-13-4-5-13/h3,6,9,11,13,16-17,23H,1-2,4-5,7-8,10H2,(H,24,25)/t16-,17-/m1/s1. The molecule has 0 unspecified atom stereocenters. The van der Waals surface area contributed by atoms with E-state index in [0.717, 1.165) is 44.2 Å². The molecule has 3 fully saturated rings. The Balaban J connectivity index is 1.51. The van der Waals surface area contributed by atoms with Gasteiger partial charge in [0.1, 0.15) is 0 Å². The summed E-state index contributed by atoms with van der Waals surface area (Å²) in [4.78, 5) is 12.8. The maximum Gasteiger partial charge on any atom is 0.416 e. The van der Waals surface area contributed by atoms with Crippen molar-refractivity contribution in [2.24, 2.45) is 0 Å². The van der Waals surface area contributed by atoms with Crippen molar-refractivity contribution < 1.29 is 22.7 Å². The van der Waals surface area contributed by atoms with Gasteiger partial charge in [0, 0.05) is 24.3 Å². The van der Waals surface area contributed by atoms with Crippen LogP contribution >= 0.6 is 0 Å². The largest absolute Gasteiger partial charge is 0.416 e. The van der Waals surface area contributed by atoms with Gasteiger partial charge in [0.15, 0.2) is 0 Å². The van der Waals surface area contributed by atoms with Crippen LogP contribution in [0.15, 0.2) is 18.2 Å². The molecule has 0 bridgehead atoms. The Labute approximate surface area is 150 Å². The van der Waals surface area contributed by atoms with E-state index in [1.54, 1.807) is 0 Å². The Morgan fingerprint density at radius 2 is 1.85 bits per heavy atom. The number of carbonyl (C=O) groups excluding carboxylic acids is 1. The van der Waals surface area contributed by atoms with Crippen LogP contribution < -0.4 is 10.6 Å². The smallest absolute Gasteiger partial charge is 0.379 e. The van der Waals surface area contributed by atoms with Crippen LogP contribution in [0.25, 0.3) is 0 Å². The highest BCUT2D eigenvalue weighted by molar-refractivity contribution is 5.96. The predicted octanol–water partition coefficient (Wildman–Crippen LogP) is 3.22. The van der Waals surface area contributed by atoms with Crippen LogP contribution in [0.5, 0.6) is 0 Å². The first-order valence-corrected chi connectivity index (χ1v) is 9.27. The Bertz CT molecular complexity index is 684. The minimum absolute atomic E-state index is 0.0565. The molecule has 0 spiro atoms. The third kappa shape index (κ3) is 4.04. The van der Waals surface area contributed by atoms with Gasteiger partial charge in [0.05, 0.1) is 18.2 Å². The molecular formula is C19H23F3N2O2. The number of nitrogens with one attached hydrogen (secondary N) is 2. The van der Waals surface area contributed by atoms with E-state index < -0.39 is 11.7 Å². The van der Waals surface area contributed by atoms with Gasteiger partial charge in [0.2, 0.25) is 0 Å². The summed E-state index contributed by atoms with van der Waals surface area (Å²) in [6.07, 6.45) is 0.407. The number of hydrogen-bond donors (Lipinski definition) is 2. The lowest BCUT2D eigenvalue weighted by Crippen LogP contribution is -2.55. The molecule has 1 heterocycles. The fourth-order valence-corrected chi connectivity index (χ4v) is 3.56. The van der Waals surface area contributed by atoms with Gasteiger partial charge < -0.3 is 15.4 Å². The van der Waals surface area contributed by atoms with Crippen molar-refractivity contribution in [3.8, 4) is 0 Å². The van der Waals surface area contributed by atoms with Gasteiger partial charge in [0.25, 0.3) is 5.91 Å². The van der Waals surface area contributed by atoms with E-state index >= 15 is 0 Å². The zero-order chi connectivity index (χ0) is 18.3. The molecule has 0 radical (unpaired) electrons. The Kier molecular flexibility index (Phi) is 4.69. The number of alkyl halides is 3. The van der Waals surface area contributed by atoms with Gasteiger partial charge in [-0.05, 0) is 61.8 Å². The van der Waals surface area contributed by atoms with E-state index in [2.05, 4.69) is 10.6 Å². The Hall–Kier alpha value is -1.60. The quantitative estimate of drug-likeness (QED) is 0.839. The summed E-state index contributed by atoms with van der Waals surface area (Å²) in [5.74, 6) is -0.250. The van der Waals surface area contributed by atoms with Gasteiger partial charge in [-0.2, -0.15) is 13.2 Å². The van der Waals surface area contributed by atoms with E-state index in [0.29, 0.717) is 30.4 Å². The summed E-state index contributed by atoms with van der Waals surface area (Å²) in [7, 11) is 0. The molecule has 1 aromatic carbocycles. The van der Waals surface area contributed by atoms with Crippen LogP contribution in [-0.4, -0.2) is 37.2 Å². The molecule has 4 nitrogen and oxygen atoms in total. The molecule has 1 aromatic rings.